The van der Waals surface area contributed by atoms with Crippen molar-refractivity contribution in [2.75, 3.05) is 5.73 Å². The fourth-order valence-electron chi connectivity index (χ4n) is 1.00. The highest BCUT2D eigenvalue weighted by Crippen LogP contribution is 2.41. The Hall–Kier alpha value is -0.990. The quantitative estimate of drug-likeness (QED) is 0.582. The third-order valence-corrected chi connectivity index (χ3v) is 1.69. The van der Waals surface area contributed by atoms with Gasteiger partial charge in [0.05, 0.1) is 17.6 Å². The van der Waals surface area contributed by atoms with E-state index in [-0.39, 0.29) is 0 Å². The predicted octanol–water partition coefficient (Wildman–Crippen LogP) is 0.869. The molecule has 0 unspecified atom stereocenters. The molecule has 1 heterocycles. The van der Waals surface area contributed by atoms with Crippen LogP contribution >= 0.6 is 0 Å². The normalized spacial score (nSPS) is 18.2. The molecule has 3 nitrogen and oxygen atoms in total. The van der Waals surface area contributed by atoms with Crippen molar-refractivity contribution in [3.05, 3.63) is 11.9 Å². The summed E-state index contributed by atoms with van der Waals surface area (Å²) in [4.78, 5) is 0. The van der Waals surface area contributed by atoms with Crippen molar-refractivity contribution in [3.63, 3.8) is 0 Å². The smallest absolute Gasteiger partial charge is 0.0733 e. The zero-order chi connectivity index (χ0) is 6.27. The van der Waals surface area contributed by atoms with Crippen LogP contribution in [0, 0.1) is 0 Å². The van der Waals surface area contributed by atoms with Gasteiger partial charge in [-0.15, -0.1) is 0 Å². The number of aromatic amines is 1. The molecule has 1 saturated carbocycles. The van der Waals surface area contributed by atoms with E-state index in [0.29, 0.717) is 5.92 Å². The third kappa shape index (κ3) is 0.686. The molecule has 1 aliphatic carbocycles. The fourth-order valence-corrected chi connectivity index (χ4v) is 1.00. The third-order valence-electron chi connectivity index (χ3n) is 1.69. The van der Waals surface area contributed by atoms with Gasteiger partial charge in [-0.2, -0.15) is 5.10 Å². The summed E-state index contributed by atoms with van der Waals surface area (Å²) in [7, 11) is 0. The van der Waals surface area contributed by atoms with Gasteiger partial charge in [0.2, 0.25) is 0 Å². The molecule has 1 aliphatic rings. The average molecular weight is 123 g/mol. The van der Waals surface area contributed by atoms with Crippen molar-refractivity contribution in [3.8, 4) is 0 Å². The van der Waals surface area contributed by atoms with Crippen LogP contribution in [0.4, 0.5) is 5.69 Å². The second kappa shape index (κ2) is 1.50. The van der Waals surface area contributed by atoms with Gasteiger partial charge in [-0.3, -0.25) is 5.10 Å². The van der Waals surface area contributed by atoms with E-state index < -0.39 is 0 Å². The Labute approximate surface area is 53.3 Å². The number of nitrogens with one attached hydrogen (secondary N) is 1. The van der Waals surface area contributed by atoms with Gasteiger partial charge >= 0.3 is 0 Å². The van der Waals surface area contributed by atoms with Crippen molar-refractivity contribution in [2.45, 2.75) is 18.8 Å². The minimum absolute atomic E-state index is 0.687. The molecule has 1 fully saturated rings. The number of anilines is 1. The molecule has 9 heavy (non-hydrogen) atoms. The fraction of sp³-hybridized carbons (Fsp3) is 0.500. The van der Waals surface area contributed by atoms with Gasteiger partial charge in [-0.25, -0.2) is 0 Å². The van der Waals surface area contributed by atoms with E-state index in [1.165, 1.54) is 12.8 Å². The molecule has 48 valence electrons. The van der Waals surface area contributed by atoms with Gasteiger partial charge in [0, 0.05) is 5.92 Å². The topological polar surface area (TPSA) is 54.7 Å². The number of nitrogen functional groups attached to an aromatic ring is 1. The molecule has 0 amide bonds. The number of aromatic nitrogens is 2. The van der Waals surface area contributed by atoms with Crippen LogP contribution in [-0.2, 0) is 0 Å². The van der Waals surface area contributed by atoms with Crippen molar-refractivity contribution in [2.24, 2.45) is 0 Å². The summed E-state index contributed by atoms with van der Waals surface area (Å²) >= 11 is 0. The van der Waals surface area contributed by atoms with Crippen LogP contribution in [0.1, 0.15) is 24.5 Å². The molecule has 0 radical (unpaired) electrons. The Morgan fingerprint density at radius 1 is 1.67 bits per heavy atom. The molecule has 2 rings (SSSR count). The molecule has 0 aromatic carbocycles. The van der Waals surface area contributed by atoms with Crippen LogP contribution in [0.15, 0.2) is 6.20 Å². The van der Waals surface area contributed by atoms with Crippen molar-refractivity contribution in [1.29, 1.82) is 0 Å². The number of rotatable bonds is 1. The number of nitrogens with two attached hydrogens (primary N) is 1. The molecule has 1 aromatic heterocycles. The second-order valence-corrected chi connectivity index (χ2v) is 2.51. The summed E-state index contributed by atoms with van der Waals surface area (Å²) in [6, 6.07) is 0. The Morgan fingerprint density at radius 3 is 2.89 bits per heavy atom. The molecule has 3 N–H and O–H groups in total. The standard InChI is InChI=1S/C6H9N3/c7-5-3-8-9-6(5)4-1-2-4/h3-4H,1-2,7H2,(H,8,9). The zero-order valence-corrected chi connectivity index (χ0v) is 5.09. The molecule has 0 spiro atoms. The van der Waals surface area contributed by atoms with E-state index in [4.69, 9.17) is 5.73 Å². The summed E-state index contributed by atoms with van der Waals surface area (Å²) in [5, 5.41) is 6.73. The van der Waals surface area contributed by atoms with Crippen LogP contribution in [0.2, 0.25) is 0 Å². The lowest BCUT2D eigenvalue weighted by atomic mass is 10.3. The lowest BCUT2D eigenvalue weighted by Gasteiger charge is -1.90. The molecule has 0 aliphatic heterocycles. The Morgan fingerprint density at radius 2 is 2.44 bits per heavy atom. The Kier molecular flexibility index (Phi) is 0.806. The Balaban J connectivity index is 2.35. The van der Waals surface area contributed by atoms with Crippen LogP contribution in [0.25, 0.3) is 0 Å². The first-order valence-corrected chi connectivity index (χ1v) is 3.16. The second-order valence-electron chi connectivity index (χ2n) is 2.51. The van der Waals surface area contributed by atoms with Crippen molar-refractivity contribution in [1.82, 2.24) is 10.2 Å². The first-order valence-electron chi connectivity index (χ1n) is 3.16. The maximum Gasteiger partial charge on any atom is 0.0733 e. The maximum absolute atomic E-state index is 5.59. The van der Waals surface area contributed by atoms with Gasteiger partial charge < -0.3 is 5.73 Å². The minimum atomic E-state index is 0.687. The summed E-state index contributed by atoms with van der Waals surface area (Å²) in [6.07, 6.45) is 4.21. The van der Waals surface area contributed by atoms with Gasteiger partial charge in [0.15, 0.2) is 0 Å². The van der Waals surface area contributed by atoms with Gasteiger partial charge in [0.1, 0.15) is 0 Å². The number of hydrogen-bond acceptors (Lipinski definition) is 2. The number of H-pyrrole nitrogens is 1. The van der Waals surface area contributed by atoms with Gasteiger partial charge in [0.25, 0.3) is 0 Å². The molecular weight excluding hydrogens is 114 g/mol. The maximum atomic E-state index is 5.59. The monoisotopic (exact) mass is 123 g/mol. The highest BCUT2D eigenvalue weighted by atomic mass is 15.1. The van der Waals surface area contributed by atoms with Crippen LogP contribution < -0.4 is 5.73 Å². The molecule has 1 aromatic rings. The first kappa shape index (κ1) is 4.85. The van der Waals surface area contributed by atoms with Crippen LogP contribution in [0.3, 0.4) is 0 Å². The van der Waals surface area contributed by atoms with Crippen molar-refractivity contribution >= 4 is 5.69 Å². The number of nitrogens with zero attached hydrogens (tertiary/aromatic N) is 1. The SMILES string of the molecule is Nc1cn[nH]c1C1CC1. The van der Waals surface area contributed by atoms with Gasteiger partial charge in [-0.1, -0.05) is 0 Å². The van der Waals surface area contributed by atoms with E-state index in [1.54, 1.807) is 6.20 Å². The minimum Gasteiger partial charge on any atom is -0.396 e. The summed E-state index contributed by atoms with van der Waals surface area (Å²) in [6.45, 7) is 0. The van der Waals surface area contributed by atoms with Crippen molar-refractivity contribution < 1.29 is 0 Å². The Bertz CT molecular complexity index is 212. The lowest BCUT2D eigenvalue weighted by molar-refractivity contribution is 0.967. The molecule has 3 heteroatoms. The van der Waals surface area contributed by atoms with E-state index in [1.807, 2.05) is 0 Å². The average Bonchev–Trinajstić information content (AvgIpc) is 2.58. The van der Waals surface area contributed by atoms with E-state index in [2.05, 4.69) is 10.2 Å². The first-order chi connectivity index (χ1) is 4.38. The number of hydrogen-bond donors (Lipinski definition) is 2. The largest absolute Gasteiger partial charge is 0.396 e. The summed E-state index contributed by atoms with van der Waals surface area (Å²) in [5.74, 6) is 0.687. The molecule has 0 atom stereocenters. The zero-order valence-electron chi connectivity index (χ0n) is 5.09. The van der Waals surface area contributed by atoms with E-state index in [9.17, 15) is 0 Å². The molecular formula is C6H9N3. The molecule has 0 saturated heterocycles. The highest BCUT2D eigenvalue weighted by molar-refractivity contribution is 5.43. The molecule has 0 bridgehead atoms. The van der Waals surface area contributed by atoms with Gasteiger partial charge in [-0.05, 0) is 12.8 Å². The summed E-state index contributed by atoms with van der Waals surface area (Å²) < 4.78 is 0. The lowest BCUT2D eigenvalue weighted by Crippen LogP contribution is -1.87. The van der Waals surface area contributed by atoms with E-state index in [0.717, 1.165) is 11.4 Å². The summed E-state index contributed by atoms with van der Waals surface area (Å²) in [5.41, 5.74) is 7.54. The predicted molar refractivity (Wildman–Crippen MR) is 35.0 cm³/mol. The van der Waals surface area contributed by atoms with Crippen LogP contribution in [-0.4, -0.2) is 10.2 Å². The van der Waals surface area contributed by atoms with Crippen LogP contribution in [0.5, 0.6) is 0 Å². The highest BCUT2D eigenvalue weighted by Gasteiger charge is 2.26. The van der Waals surface area contributed by atoms with E-state index >= 15 is 0 Å².